The number of ether oxygens (including phenoxy) is 1. The van der Waals surface area contributed by atoms with E-state index in [4.69, 9.17) is 10.9 Å². The molecule has 0 atom stereocenters. The number of alkyl halides is 3. The highest BCUT2D eigenvalue weighted by atomic mass is 19.4. The molecule has 0 aliphatic carbocycles. The van der Waals surface area contributed by atoms with Crippen LogP contribution >= 0.6 is 0 Å². The van der Waals surface area contributed by atoms with Crippen LogP contribution in [-0.4, -0.2) is 24.2 Å². The van der Waals surface area contributed by atoms with Gasteiger partial charge in [0.15, 0.2) is 5.84 Å². The number of anilines is 1. The molecule has 1 aromatic carbocycles. The Morgan fingerprint density at radius 2 is 2.11 bits per heavy atom. The number of oxime groups is 1. The van der Waals surface area contributed by atoms with Gasteiger partial charge in [-0.05, 0) is 18.2 Å². The van der Waals surface area contributed by atoms with Gasteiger partial charge in [-0.2, -0.15) is 13.2 Å². The lowest BCUT2D eigenvalue weighted by molar-refractivity contribution is -0.137. The minimum Gasteiger partial charge on any atom is -0.453 e. The standard InChI is InChI=1S/C10H10F3N3O3/c1-19-9(17)15-5-2-3-6(8(14)16-18)7(4-5)10(11,12)13/h2-4,18H,1H3,(H2,14,16)(H,15,17). The largest absolute Gasteiger partial charge is 0.453 e. The molecule has 0 saturated heterocycles. The van der Waals surface area contributed by atoms with E-state index in [2.05, 4.69) is 15.2 Å². The number of methoxy groups -OCH3 is 1. The Morgan fingerprint density at radius 3 is 2.58 bits per heavy atom. The summed E-state index contributed by atoms with van der Waals surface area (Å²) in [6.45, 7) is 0. The highest BCUT2D eigenvalue weighted by Gasteiger charge is 2.34. The van der Waals surface area contributed by atoms with E-state index in [1.54, 1.807) is 0 Å². The van der Waals surface area contributed by atoms with Gasteiger partial charge < -0.3 is 15.7 Å². The molecule has 0 aliphatic heterocycles. The van der Waals surface area contributed by atoms with Crippen LogP contribution in [0.5, 0.6) is 0 Å². The monoisotopic (exact) mass is 277 g/mol. The van der Waals surface area contributed by atoms with Crippen LogP contribution in [-0.2, 0) is 10.9 Å². The number of halogens is 3. The number of nitrogens with two attached hydrogens (primary N) is 1. The molecule has 19 heavy (non-hydrogen) atoms. The van der Waals surface area contributed by atoms with Crippen LogP contribution in [0.25, 0.3) is 0 Å². The predicted octanol–water partition coefficient (Wildman–Crippen LogP) is 1.98. The molecule has 0 unspecified atom stereocenters. The Morgan fingerprint density at radius 1 is 1.47 bits per heavy atom. The van der Waals surface area contributed by atoms with Crippen molar-refractivity contribution in [2.24, 2.45) is 10.9 Å². The number of hydrogen-bond acceptors (Lipinski definition) is 4. The molecule has 0 heterocycles. The summed E-state index contributed by atoms with van der Waals surface area (Å²) in [6.07, 6.45) is -5.64. The van der Waals surface area contributed by atoms with E-state index < -0.39 is 29.2 Å². The van der Waals surface area contributed by atoms with E-state index in [-0.39, 0.29) is 5.69 Å². The Bertz CT molecular complexity index is 514. The zero-order valence-electron chi connectivity index (χ0n) is 9.65. The van der Waals surface area contributed by atoms with Crippen LogP contribution in [0, 0.1) is 0 Å². The lowest BCUT2D eigenvalue weighted by Gasteiger charge is -2.13. The van der Waals surface area contributed by atoms with Crippen LogP contribution in [0.4, 0.5) is 23.7 Å². The average Bonchev–Trinajstić information content (AvgIpc) is 2.36. The number of rotatable bonds is 2. The SMILES string of the molecule is COC(=O)Nc1ccc(C(N)=NO)c(C(F)(F)F)c1. The minimum absolute atomic E-state index is 0.131. The van der Waals surface area contributed by atoms with Crippen molar-refractivity contribution in [3.63, 3.8) is 0 Å². The molecule has 1 rings (SSSR count). The van der Waals surface area contributed by atoms with Gasteiger partial charge in [0.1, 0.15) is 0 Å². The fourth-order valence-corrected chi connectivity index (χ4v) is 1.30. The van der Waals surface area contributed by atoms with Crippen LogP contribution in [0.2, 0.25) is 0 Å². The van der Waals surface area contributed by atoms with Gasteiger partial charge >= 0.3 is 12.3 Å². The van der Waals surface area contributed by atoms with Gasteiger partial charge in [0.05, 0.1) is 12.7 Å². The molecule has 0 aliphatic rings. The molecule has 0 fully saturated rings. The van der Waals surface area contributed by atoms with Gasteiger partial charge in [0.2, 0.25) is 0 Å². The van der Waals surface area contributed by atoms with Crippen LogP contribution in [0.15, 0.2) is 23.4 Å². The van der Waals surface area contributed by atoms with Crippen molar-refractivity contribution in [2.45, 2.75) is 6.18 Å². The Labute approximate surface area is 105 Å². The van der Waals surface area contributed by atoms with Gasteiger partial charge in [-0.25, -0.2) is 4.79 Å². The lowest BCUT2D eigenvalue weighted by Crippen LogP contribution is -2.21. The number of benzene rings is 1. The van der Waals surface area contributed by atoms with Crippen LogP contribution in [0.1, 0.15) is 11.1 Å². The number of hydrogen-bond donors (Lipinski definition) is 3. The molecule has 104 valence electrons. The molecule has 1 aromatic rings. The number of amidine groups is 1. The summed E-state index contributed by atoms with van der Waals surface area (Å²) in [6, 6.07) is 2.80. The summed E-state index contributed by atoms with van der Waals surface area (Å²) in [5.41, 5.74) is 3.39. The fraction of sp³-hybridized carbons (Fsp3) is 0.200. The van der Waals surface area contributed by atoms with Crippen LogP contribution < -0.4 is 11.1 Å². The summed E-state index contributed by atoms with van der Waals surface area (Å²) in [5, 5.41) is 13.0. The molecule has 0 spiro atoms. The van der Waals surface area contributed by atoms with Crippen molar-refractivity contribution in [1.82, 2.24) is 0 Å². The summed E-state index contributed by atoms with van der Waals surface area (Å²) >= 11 is 0. The van der Waals surface area contributed by atoms with Crippen molar-refractivity contribution in [1.29, 1.82) is 0 Å². The zero-order valence-corrected chi connectivity index (χ0v) is 9.65. The van der Waals surface area contributed by atoms with Crippen molar-refractivity contribution < 1.29 is 27.9 Å². The first-order valence-electron chi connectivity index (χ1n) is 4.83. The molecule has 0 aromatic heterocycles. The van der Waals surface area contributed by atoms with Crippen molar-refractivity contribution >= 4 is 17.6 Å². The van der Waals surface area contributed by atoms with Gasteiger partial charge in [0, 0.05) is 11.3 Å². The minimum atomic E-state index is -4.72. The van der Waals surface area contributed by atoms with Crippen molar-refractivity contribution in [3.8, 4) is 0 Å². The fourth-order valence-electron chi connectivity index (χ4n) is 1.30. The molecule has 9 heteroatoms. The molecule has 0 radical (unpaired) electrons. The Hall–Kier alpha value is -2.45. The Kier molecular flexibility index (Phi) is 4.20. The number of nitrogens with zero attached hydrogens (tertiary/aromatic N) is 1. The molecular weight excluding hydrogens is 267 g/mol. The second-order valence-electron chi connectivity index (χ2n) is 3.36. The van der Waals surface area contributed by atoms with Gasteiger partial charge in [-0.3, -0.25) is 5.32 Å². The zero-order chi connectivity index (χ0) is 14.6. The molecule has 0 saturated carbocycles. The normalized spacial score (nSPS) is 12.1. The first kappa shape index (κ1) is 14.6. The topological polar surface area (TPSA) is 96.9 Å². The number of carbonyl (C=O) groups excluding carboxylic acids is 1. The van der Waals surface area contributed by atoms with Crippen molar-refractivity contribution in [3.05, 3.63) is 29.3 Å². The van der Waals surface area contributed by atoms with E-state index in [0.29, 0.717) is 6.07 Å². The van der Waals surface area contributed by atoms with Gasteiger partial charge in [0.25, 0.3) is 0 Å². The van der Waals surface area contributed by atoms with Gasteiger partial charge in [-0.1, -0.05) is 5.16 Å². The predicted molar refractivity (Wildman–Crippen MR) is 60.0 cm³/mol. The third kappa shape index (κ3) is 3.50. The maximum Gasteiger partial charge on any atom is 0.417 e. The maximum atomic E-state index is 12.8. The quantitative estimate of drug-likeness (QED) is 0.333. The first-order chi connectivity index (χ1) is 8.79. The second kappa shape index (κ2) is 5.46. The summed E-state index contributed by atoms with van der Waals surface area (Å²) in [5.74, 6) is -0.683. The van der Waals surface area contributed by atoms with E-state index in [1.165, 1.54) is 6.07 Å². The molecule has 1 amide bonds. The number of nitrogens with one attached hydrogen (secondary N) is 1. The summed E-state index contributed by atoms with van der Waals surface area (Å²) < 4.78 is 42.7. The highest BCUT2D eigenvalue weighted by molar-refractivity contribution is 5.99. The van der Waals surface area contributed by atoms with Crippen LogP contribution in [0.3, 0.4) is 0 Å². The maximum absolute atomic E-state index is 12.8. The second-order valence-corrected chi connectivity index (χ2v) is 3.36. The lowest BCUT2D eigenvalue weighted by atomic mass is 10.1. The number of amides is 1. The smallest absolute Gasteiger partial charge is 0.417 e. The van der Waals surface area contributed by atoms with Crippen molar-refractivity contribution in [2.75, 3.05) is 12.4 Å². The third-order valence-corrected chi connectivity index (χ3v) is 2.14. The first-order valence-corrected chi connectivity index (χ1v) is 4.83. The van der Waals surface area contributed by atoms with E-state index >= 15 is 0 Å². The molecular formula is C10H10F3N3O3. The molecule has 4 N–H and O–H groups in total. The molecule has 6 nitrogen and oxygen atoms in total. The average molecular weight is 277 g/mol. The highest BCUT2D eigenvalue weighted by Crippen LogP contribution is 2.33. The van der Waals surface area contributed by atoms with Gasteiger partial charge in [-0.15, -0.1) is 0 Å². The van der Waals surface area contributed by atoms with E-state index in [1.807, 2.05) is 0 Å². The summed E-state index contributed by atoms with van der Waals surface area (Å²) in [4.78, 5) is 10.9. The number of carbonyl (C=O) groups is 1. The van der Waals surface area contributed by atoms with E-state index in [9.17, 15) is 18.0 Å². The Balaban J connectivity index is 3.28. The molecule has 0 bridgehead atoms. The van der Waals surface area contributed by atoms with E-state index in [0.717, 1.165) is 13.2 Å². The summed E-state index contributed by atoms with van der Waals surface area (Å²) in [7, 11) is 1.07. The third-order valence-electron chi connectivity index (χ3n) is 2.14.